The van der Waals surface area contributed by atoms with E-state index in [2.05, 4.69) is 9.88 Å². The molecule has 4 heteroatoms. The highest BCUT2D eigenvalue weighted by atomic mass is 16.2. The molecule has 1 aromatic rings. The lowest BCUT2D eigenvalue weighted by atomic mass is 10.2. The van der Waals surface area contributed by atoms with Crippen molar-refractivity contribution in [1.29, 1.82) is 0 Å². The zero-order chi connectivity index (χ0) is 12.3. The predicted molar refractivity (Wildman–Crippen MR) is 68.3 cm³/mol. The van der Waals surface area contributed by atoms with Crippen LogP contribution in [0.4, 0.5) is 0 Å². The van der Waals surface area contributed by atoms with Gasteiger partial charge in [-0.1, -0.05) is 0 Å². The molecule has 2 heterocycles. The number of nitrogens with zero attached hydrogens (tertiary/aromatic N) is 2. The molecule has 1 amide bonds. The van der Waals surface area contributed by atoms with E-state index in [1.165, 1.54) is 5.69 Å². The van der Waals surface area contributed by atoms with Crippen molar-refractivity contribution < 1.29 is 4.79 Å². The van der Waals surface area contributed by atoms with E-state index in [-0.39, 0.29) is 5.91 Å². The number of hydrogen-bond donors (Lipinski definition) is 1. The van der Waals surface area contributed by atoms with Crippen LogP contribution in [0.5, 0.6) is 0 Å². The molecule has 1 aromatic heterocycles. The quantitative estimate of drug-likeness (QED) is 0.852. The van der Waals surface area contributed by atoms with Crippen LogP contribution in [0.1, 0.15) is 29.9 Å². The van der Waals surface area contributed by atoms with E-state index in [0.29, 0.717) is 0 Å². The van der Waals surface area contributed by atoms with E-state index in [0.717, 1.165) is 44.7 Å². The lowest BCUT2D eigenvalue weighted by Gasteiger charge is -2.17. The Bertz CT molecular complexity index is 370. The van der Waals surface area contributed by atoms with Gasteiger partial charge < -0.3 is 14.8 Å². The average Bonchev–Trinajstić information content (AvgIpc) is 2.62. The number of hydrogen-bond acceptors (Lipinski definition) is 2. The zero-order valence-electron chi connectivity index (χ0n) is 10.7. The minimum Gasteiger partial charge on any atom is -0.349 e. The van der Waals surface area contributed by atoms with Gasteiger partial charge in [-0.3, -0.25) is 4.79 Å². The van der Waals surface area contributed by atoms with Gasteiger partial charge in [-0.25, -0.2) is 0 Å². The molecule has 17 heavy (non-hydrogen) atoms. The summed E-state index contributed by atoms with van der Waals surface area (Å²) < 4.78 is 2.21. The summed E-state index contributed by atoms with van der Waals surface area (Å²) in [7, 11) is 0. The molecule has 2 rings (SSSR count). The molecule has 1 aliphatic rings. The number of rotatable bonds is 3. The van der Waals surface area contributed by atoms with E-state index in [1.54, 1.807) is 0 Å². The Balaban J connectivity index is 2.19. The van der Waals surface area contributed by atoms with Crippen LogP contribution in [0, 0.1) is 0 Å². The minimum absolute atomic E-state index is 0.156. The van der Waals surface area contributed by atoms with Crippen LogP contribution in [0.3, 0.4) is 0 Å². The third kappa shape index (κ3) is 2.52. The largest absolute Gasteiger partial charge is 0.349 e. The summed E-state index contributed by atoms with van der Waals surface area (Å²) in [6.45, 7) is 8.54. The van der Waals surface area contributed by atoms with Crippen molar-refractivity contribution in [2.24, 2.45) is 0 Å². The van der Waals surface area contributed by atoms with Crippen molar-refractivity contribution in [3.8, 4) is 0 Å². The zero-order valence-corrected chi connectivity index (χ0v) is 10.7. The number of carbonyl (C=O) groups is 1. The van der Waals surface area contributed by atoms with Crippen LogP contribution in [-0.2, 0) is 13.0 Å². The lowest BCUT2D eigenvalue weighted by molar-refractivity contribution is 0.0773. The topological polar surface area (TPSA) is 37.3 Å². The second-order valence-corrected chi connectivity index (χ2v) is 4.39. The number of amides is 1. The standard InChI is InChI=1S/C13H21N3O/c1-3-15(4-2)13(17)11-9-12-5-6-14-7-8-16(12)10-11/h9-10,14H,3-8H2,1-2H3. The molecular weight excluding hydrogens is 214 g/mol. The first kappa shape index (κ1) is 12.2. The van der Waals surface area contributed by atoms with Gasteiger partial charge in [-0.05, 0) is 19.9 Å². The van der Waals surface area contributed by atoms with Crippen LogP contribution in [0.25, 0.3) is 0 Å². The van der Waals surface area contributed by atoms with Crippen molar-refractivity contribution in [3.05, 3.63) is 23.5 Å². The van der Waals surface area contributed by atoms with Gasteiger partial charge in [0.15, 0.2) is 0 Å². The Morgan fingerprint density at radius 3 is 2.88 bits per heavy atom. The van der Waals surface area contributed by atoms with Gasteiger partial charge in [0.25, 0.3) is 5.91 Å². The van der Waals surface area contributed by atoms with Crippen LogP contribution < -0.4 is 5.32 Å². The third-order valence-electron chi connectivity index (χ3n) is 3.37. The van der Waals surface area contributed by atoms with Gasteiger partial charge in [-0.2, -0.15) is 0 Å². The average molecular weight is 235 g/mol. The number of carbonyl (C=O) groups excluding carboxylic acids is 1. The Morgan fingerprint density at radius 2 is 2.18 bits per heavy atom. The molecule has 1 aliphatic heterocycles. The molecule has 0 aliphatic carbocycles. The summed E-state index contributed by atoms with van der Waals surface area (Å²) >= 11 is 0. The van der Waals surface area contributed by atoms with E-state index in [4.69, 9.17) is 0 Å². The van der Waals surface area contributed by atoms with Gasteiger partial charge >= 0.3 is 0 Å². The van der Waals surface area contributed by atoms with Crippen LogP contribution in [-0.4, -0.2) is 41.6 Å². The Hall–Kier alpha value is -1.29. The Kier molecular flexibility index (Phi) is 3.84. The molecule has 0 aromatic carbocycles. The monoisotopic (exact) mass is 235 g/mol. The second kappa shape index (κ2) is 5.36. The maximum atomic E-state index is 12.2. The van der Waals surface area contributed by atoms with E-state index in [9.17, 15) is 4.79 Å². The molecule has 0 saturated heterocycles. The number of fused-ring (bicyclic) bond motifs is 1. The predicted octanol–water partition coefficient (Wildman–Crippen LogP) is 1.12. The summed E-state index contributed by atoms with van der Waals surface area (Å²) in [4.78, 5) is 14.1. The van der Waals surface area contributed by atoms with Gasteiger partial charge in [0, 0.05) is 51.0 Å². The Labute approximate surface area is 103 Å². The highest BCUT2D eigenvalue weighted by Crippen LogP contribution is 2.13. The van der Waals surface area contributed by atoms with Gasteiger partial charge in [-0.15, -0.1) is 0 Å². The fourth-order valence-corrected chi connectivity index (χ4v) is 2.33. The SMILES string of the molecule is CCN(CC)C(=O)c1cc2n(c1)CCNCC2. The highest BCUT2D eigenvalue weighted by molar-refractivity contribution is 5.94. The van der Waals surface area contributed by atoms with Gasteiger partial charge in [0.05, 0.1) is 5.56 Å². The molecule has 0 saturated carbocycles. The summed E-state index contributed by atoms with van der Waals surface area (Å²) in [5.74, 6) is 0.156. The number of aromatic nitrogens is 1. The first-order valence-corrected chi connectivity index (χ1v) is 6.45. The number of nitrogens with one attached hydrogen (secondary N) is 1. The lowest BCUT2D eigenvalue weighted by Crippen LogP contribution is -2.30. The third-order valence-corrected chi connectivity index (χ3v) is 3.37. The highest BCUT2D eigenvalue weighted by Gasteiger charge is 2.17. The van der Waals surface area contributed by atoms with E-state index < -0.39 is 0 Å². The van der Waals surface area contributed by atoms with Crippen molar-refractivity contribution in [1.82, 2.24) is 14.8 Å². The second-order valence-electron chi connectivity index (χ2n) is 4.39. The fraction of sp³-hybridized carbons (Fsp3) is 0.615. The molecule has 0 unspecified atom stereocenters. The van der Waals surface area contributed by atoms with E-state index in [1.807, 2.05) is 31.0 Å². The molecule has 0 spiro atoms. The molecule has 4 nitrogen and oxygen atoms in total. The fourth-order valence-electron chi connectivity index (χ4n) is 2.33. The molecule has 1 N–H and O–H groups in total. The Morgan fingerprint density at radius 1 is 1.41 bits per heavy atom. The smallest absolute Gasteiger partial charge is 0.255 e. The molecule has 0 radical (unpaired) electrons. The van der Waals surface area contributed by atoms with Gasteiger partial charge in [0.1, 0.15) is 0 Å². The van der Waals surface area contributed by atoms with E-state index >= 15 is 0 Å². The van der Waals surface area contributed by atoms with Crippen molar-refractivity contribution in [2.45, 2.75) is 26.8 Å². The molecule has 94 valence electrons. The van der Waals surface area contributed by atoms with Crippen molar-refractivity contribution in [3.63, 3.8) is 0 Å². The molecule has 0 fully saturated rings. The van der Waals surface area contributed by atoms with Gasteiger partial charge in [0.2, 0.25) is 0 Å². The van der Waals surface area contributed by atoms with Crippen LogP contribution in [0.15, 0.2) is 12.3 Å². The normalized spacial score (nSPS) is 15.2. The van der Waals surface area contributed by atoms with Crippen molar-refractivity contribution >= 4 is 5.91 Å². The minimum atomic E-state index is 0.156. The summed E-state index contributed by atoms with van der Waals surface area (Å²) in [5.41, 5.74) is 2.11. The maximum absolute atomic E-state index is 12.2. The first-order chi connectivity index (χ1) is 8.26. The van der Waals surface area contributed by atoms with Crippen LogP contribution in [0.2, 0.25) is 0 Å². The first-order valence-electron chi connectivity index (χ1n) is 6.45. The molecule has 0 bridgehead atoms. The maximum Gasteiger partial charge on any atom is 0.255 e. The summed E-state index contributed by atoms with van der Waals surface area (Å²) in [6, 6.07) is 2.05. The molecule has 0 atom stereocenters. The molecular formula is C13H21N3O. The van der Waals surface area contributed by atoms with Crippen molar-refractivity contribution in [2.75, 3.05) is 26.2 Å². The van der Waals surface area contributed by atoms with Crippen LogP contribution >= 0.6 is 0 Å². The summed E-state index contributed by atoms with van der Waals surface area (Å²) in [5, 5.41) is 3.36. The summed E-state index contributed by atoms with van der Waals surface area (Å²) in [6.07, 6.45) is 3.01.